The molecule has 2 nitrogen and oxygen atoms in total. The van der Waals surface area contributed by atoms with Gasteiger partial charge in [0.05, 0.1) is 18.2 Å². The molecule has 0 aliphatic carbocycles. The van der Waals surface area contributed by atoms with Crippen molar-refractivity contribution in [2.24, 2.45) is 0 Å². The summed E-state index contributed by atoms with van der Waals surface area (Å²) in [6.45, 7) is 0. The van der Waals surface area contributed by atoms with Crippen molar-refractivity contribution < 1.29 is 4.74 Å². The Bertz CT molecular complexity index is 644. The standard InChI is InChI=1S/C16H15BrClNO/c1-20-16-5-3-2-4-11(16)14-7-6-10-8-13(18)12(17)9-15(10)19-14/h2-5,8-9,14,19H,6-7H2,1H3. The van der Waals surface area contributed by atoms with E-state index in [0.29, 0.717) is 0 Å². The summed E-state index contributed by atoms with van der Waals surface area (Å²) in [7, 11) is 1.71. The second-order valence-corrected chi connectivity index (χ2v) is 6.16. The first-order valence-electron chi connectivity index (χ1n) is 6.56. The highest BCUT2D eigenvalue weighted by molar-refractivity contribution is 9.10. The van der Waals surface area contributed by atoms with Crippen LogP contribution in [0.4, 0.5) is 5.69 Å². The summed E-state index contributed by atoms with van der Waals surface area (Å²) in [5.74, 6) is 0.932. The first-order valence-corrected chi connectivity index (χ1v) is 7.73. The Morgan fingerprint density at radius 3 is 2.90 bits per heavy atom. The van der Waals surface area contributed by atoms with Crippen LogP contribution in [0.3, 0.4) is 0 Å². The van der Waals surface area contributed by atoms with Gasteiger partial charge in [0.1, 0.15) is 5.75 Å². The van der Waals surface area contributed by atoms with E-state index in [2.05, 4.69) is 33.4 Å². The molecule has 0 fully saturated rings. The molecule has 0 spiro atoms. The molecule has 2 aromatic rings. The zero-order valence-electron chi connectivity index (χ0n) is 11.1. The van der Waals surface area contributed by atoms with E-state index in [9.17, 15) is 0 Å². The normalized spacial score (nSPS) is 17.2. The fraction of sp³-hybridized carbons (Fsp3) is 0.250. The van der Waals surface area contributed by atoms with Gasteiger partial charge in [-0.05, 0) is 52.5 Å². The van der Waals surface area contributed by atoms with Crippen molar-refractivity contribution in [3.05, 3.63) is 57.0 Å². The number of aryl methyl sites for hydroxylation is 1. The maximum Gasteiger partial charge on any atom is 0.124 e. The van der Waals surface area contributed by atoms with Crippen molar-refractivity contribution >= 4 is 33.2 Å². The number of benzene rings is 2. The molecule has 20 heavy (non-hydrogen) atoms. The highest BCUT2D eigenvalue weighted by atomic mass is 79.9. The van der Waals surface area contributed by atoms with Crippen molar-refractivity contribution in [3.8, 4) is 5.75 Å². The van der Waals surface area contributed by atoms with Gasteiger partial charge < -0.3 is 10.1 Å². The summed E-state index contributed by atoms with van der Waals surface area (Å²) in [6, 6.07) is 12.5. The minimum Gasteiger partial charge on any atom is -0.496 e. The average molecular weight is 353 g/mol. The van der Waals surface area contributed by atoms with Gasteiger partial charge >= 0.3 is 0 Å². The third-order valence-corrected chi connectivity index (χ3v) is 4.89. The molecule has 1 aliphatic rings. The van der Waals surface area contributed by atoms with Crippen LogP contribution in [0.5, 0.6) is 5.75 Å². The molecule has 0 saturated heterocycles. The summed E-state index contributed by atoms with van der Waals surface area (Å²) < 4.78 is 6.38. The zero-order valence-corrected chi connectivity index (χ0v) is 13.5. The number of methoxy groups -OCH3 is 1. The number of hydrogen-bond acceptors (Lipinski definition) is 2. The monoisotopic (exact) mass is 351 g/mol. The fourth-order valence-electron chi connectivity index (χ4n) is 2.68. The van der Waals surface area contributed by atoms with Crippen LogP contribution in [-0.4, -0.2) is 7.11 Å². The number of rotatable bonds is 2. The van der Waals surface area contributed by atoms with Gasteiger partial charge in [0.15, 0.2) is 0 Å². The Kier molecular flexibility index (Phi) is 3.90. The van der Waals surface area contributed by atoms with Crippen LogP contribution in [0.1, 0.15) is 23.6 Å². The molecule has 1 atom stereocenters. The molecule has 1 unspecified atom stereocenters. The Labute approximate surface area is 132 Å². The Balaban J connectivity index is 1.94. The predicted octanol–water partition coefficient (Wildman–Crippen LogP) is 5.21. The van der Waals surface area contributed by atoms with Crippen LogP contribution in [0.15, 0.2) is 40.9 Å². The van der Waals surface area contributed by atoms with Crippen molar-refractivity contribution in [1.29, 1.82) is 0 Å². The van der Waals surface area contributed by atoms with Gasteiger partial charge in [-0.25, -0.2) is 0 Å². The highest BCUT2D eigenvalue weighted by Crippen LogP contribution is 2.39. The highest BCUT2D eigenvalue weighted by Gasteiger charge is 2.22. The van der Waals surface area contributed by atoms with Crippen LogP contribution in [-0.2, 0) is 6.42 Å². The molecule has 0 radical (unpaired) electrons. The van der Waals surface area contributed by atoms with Crippen molar-refractivity contribution in [1.82, 2.24) is 0 Å². The van der Waals surface area contributed by atoms with E-state index in [0.717, 1.165) is 33.8 Å². The van der Waals surface area contributed by atoms with Crippen LogP contribution in [0.2, 0.25) is 5.02 Å². The van der Waals surface area contributed by atoms with Crippen LogP contribution in [0, 0.1) is 0 Å². The smallest absolute Gasteiger partial charge is 0.124 e. The summed E-state index contributed by atoms with van der Waals surface area (Å²) in [5, 5.41) is 4.35. The Morgan fingerprint density at radius 1 is 1.30 bits per heavy atom. The molecule has 0 aromatic heterocycles. The predicted molar refractivity (Wildman–Crippen MR) is 86.8 cm³/mol. The summed E-state index contributed by atoms with van der Waals surface area (Å²) in [6.07, 6.45) is 2.05. The number of fused-ring (bicyclic) bond motifs is 1. The number of hydrogen-bond donors (Lipinski definition) is 1. The first kappa shape index (κ1) is 13.8. The van der Waals surface area contributed by atoms with E-state index in [1.165, 1.54) is 11.1 Å². The molecular formula is C16H15BrClNO. The number of ether oxygens (including phenoxy) is 1. The molecule has 0 saturated carbocycles. The van der Waals surface area contributed by atoms with E-state index in [-0.39, 0.29) is 6.04 Å². The van der Waals surface area contributed by atoms with Gasteiger partial charge in [-0.2, -0.15) is 0 Å². The maximum atomic E-state index is 6.15. The SMILES string of the molecule is COc1ccccc1C1CCc2cc(Cl)c(Br)cc2N1. The van der Waals surface area contributed by atoms with Gasteiger partial charge in [-0.3, -0.25) is 0 Å². The second kappa shape index (κ2) is 5.66. The molecule has 2 aromatic carbocycles. The van der Waals surface area contributed by atoms with Crippen molar-refractivity contribution in [2.75, 3.05) is 12.4 Å². The van der Waals surface area contributed by atoms with Gasteiger partial charge in [-0.1, -0.05) is 29.8 Å². The fourth-order valence-corrected chi connectivity index (χ4v) is 3.21. The molecule has 3 rings (SSSR count). The molecule has 0 bridgehead atoms. The molecule has 0 amide bonds. The first-order chi connectivity index (χ1) is 9.69. The van der Waals surface area contributed by atoms with Crippen molar-refractivity contribution in [3.63, 3.8) is 0 Å². The molecule has 1 heterocycles. The summed E-state index contributed by atoms with van der Waals surface area (Å²) >= 11 is 9.63. The summed E-state index contributed by atoms with van der Waals surface area (Å²) in [4.78, 5) is 0. The maximum absolute atomic E-state index is 6.15. The third kappa shape index (κ3) is 2.52. The zero-order chi connectivity index (χ0) is 14.1. The van der Waals surface area contributed by atoms with E-state index in [1.807, 2.05) is 24.3 Å². The lowest BCUT2D eigenvalue weighted by Gasteiger charge is -2.28. The minimum atomic E-state index is 0.270. The van der Waals surface area contributed by atoms with Crippen molar-refractivity contribution in [2.45, 2.75) is 18.9 Å². The number of para-hydroxylation sites is 1. The van der Waals surface area contributed by atoms with E-state index < -0.39 is 0 Å². The summed E-state index contributed by atoms with van der Waals surface area (Å²) in [5.41, 5.74) is 3.61. The molecule has 4 heteroatoms. The second-order valence-electron chi connectivity index (χ2n) is 4.90. The van der Waals surface area contributed by atoms with Gasteiger partial charge in [0, 0.05) is 15.7 Å². The third-order valence-electron chi connectivity index (χ3n) is 3.69. The Hall–Kier alpha value is -1.19. The van der Waals surface area contributed by atoms with Gasteiger partial charge in [-0.15, -0.1) is 0 Å². The van der Waals surface area contributed by atoms with E-state index in [1.54, 1.807) is 7.11 Å². The molecule has 1 aliphatic heterocycles. The average Bonchev–Trinajstić information content (AvgIpc) is 2.48. The topological polar surface area (TPSA) is 21.3 Å². The Morgan fingerprint density at radius 2 is 2.10 bits per heavy atom. The molecular weight excluding hydrogens is 338 g/mol. The number of nitrogens with one attached hydrogen (secondary N) is 1. The molecule has 1 N–H and O–H groups in total. The van der Waals surface area contributed by atoms with Crippen LogP contribution >= 0.6 is 27.5 Å². The van der Waals surface area contributed by atoms with E-state index >= 15 is 0 Å². The largest absolute Gasteiger partial charge is 0.496 e. The quantitative estimate of drug-likeness (QED) is 0.801. The number of anilines is 1. The van der Waals surface area contributed by atoms with Crippen LogP contribution < -0.4 is 10.1 Å². The lowest BCUT2D eigenvalue weighted by Crippen LogP contribution is -2.18. The van der Waals surface area contributed by atoms with Gasteiger partial charge in [0.2, 0.25) is 0 Å². The van der Waals surface area contributed by atoms with Crippen LogP contribution in [0.25, 0.3) is 0 Å². The minimum absolute atomic E-state index is 0.270. The van der Waals surface area contributed by atoms with E-state index in [4.69, 9.17) is 16.3 Å². The number of halogens is 2. The molecule has 104 valence electrons. The lowest BCUT2D eigenvalue weighted by molar-refractivity contribution is 0.405. The lowest BCUT2D eigenvalue weighted by atomic mass is 9.93. The van der Waals surface area contributed by atoms with Gasteiger partial charge in [0.25, 0.3) is 0 Å².